The minimum atomic E-state index is 0. The Labute approximate surface area is 51.7 Å². The third-order valence-electron chi connectivity index (χ3n) is 1.56. The SMILES string of the molecule is CC(C)C1CC1.Cl. The van der Waals surface area contributed by atoms with Crippen molar-refractivity contribution in [3.05, 3.63) is 0 Å². The molecule has 1 saturated carbocycles. The lowest BCUT2D eigenvalue weighted by molar-refractivity contribution is 0.563. The summed E-state index contributed by atoms with van der Waals surface area (Å²) in [5, 5.41) is 0. The second kappa shape index (κ2) is 2.56. The highest BCUT2D eigenvalue weighted by Crippen LogP contribution is 2.35. The van der Waals surface area contributed by atoms with E-state index in [-0.39, 0.29) is 12.4 Å². The van der Waals surface area contributed by atoms with Crippen LogP contribution in [-0.4, -0.2) is 0 Å². The van der Waals surface area contributed by atoms with Gasteiger partial charge in [-0.3, -0.25) is 0 Å². The highest BCUT2D eigenvalue weighted by atomic mass is 35.5. The molecule has 7 heavy (non-hydrogen) atoms. The zero-order valence-electron chi connectivity index (χ0n) is 4.98. The monoisotopic (exact) mass is 120 g/mol. The molecule has 1 fully saturated rings. The van der Waals surface area contributed by atoms with E-state index in [0.29, 0.717) is 0 Å². The van der Waals surface area contributed by atoms with Gasteiger partial charge in [-0.15, -0.1) is 12.4 Å². The van der Waals surface area contributed by atoms with Crippen LogP contribution in [0.3, 0.4) is 0 Å². The van der Waals surface area contributed by atoms with Crippen LogP contribution in [0.1, 0.15) is 26.7 Å². The molecule has 0 aromatic rings. The van der Waals surface area contributed by atoms with Crippen molar-refractivity contribution in [2.75, 3.05) is 0 Å². The Bertz CT molecular complexity index is 46.1. The van der Waals surface area contributed by atoms with Crippen LogP contribution in [0.5, 0.6) is 0 Å². The highest BCUT2D eigenvalue weighted by Gasteiger charge is 2.23. The van der Waals surface area contributed by atoms with Crippen LogP contribution in [0.2, 0.25) is 0 Å². The van der Waals surface area contributed by atoms with Gasteiger partial charge in [-0.05, 0) is 24.7 Å². The molecule has 1 heteroatoms. The summed E-state index contributed by atoms with van der Waals surface area (Å²) in [6.07, 6.45) is 3.00. The molecule has 0 N–H and O–H groups in total. The molecule has 0 heterocycles. The Hall–Kier alpha value is 0.290. The molecular weight excluding hydrogens is 108 g/mol. The summed E-state index contributed by atoms with van der Waals surface area (Å²) in [5.41, 5.74) is 0. The van der Waals surface area contributed by atoms with E-state index in [1.807, 2.05) is 0 Å². The average molecular weight is 121 g/mol. The fourth-order valence-electron chi connectivity index (χ4n) is 0.763. The Balaban J connectivity index is 0.000000360. The number of hydrogen-bond acceptors (Lipinski definition) is 0. The largest absolute Gasteiger partial charge is 0.147 e. The van der Waals surface area contributed by atoms with Gasteiger partial charge in [0.15, 0.2) is 0 Å². The molecule has 0 spiro atoms. The molecule has 0 radical (unpaired) electrons. The smallest absolute Gasteiger partial charge is 0.0391 e. The van der Waals surface area contributed by atoms with Gasteiger partial charge >= 0.3 is 0 Å². The summed E-state index contributed by atoms with van der Waals surface area (Å²) >= 11 is 0. The summed E-state index contributed by atoms with van der Waals surface area (Å²) < 4.78 is 0. The van der Waals surface area contributed by atoms with Gasteiger partial charge in [-0.2, -0.15) is 0 Å². The quantitative estimate of drug-likeness (QED) is 0.499. The minimum Gasteiger partial charge on any atom is -0.147 e. The Kier molecular flexibility index (Phi) is 2.67. The molecule has 0 aromatic heterocycles. The fraction of sp³-hybridized carbons (Fsp3) is 1.00. The molecule has 1 rings (SSSR count). The molecule has 0 unspecified atom stereocenters. The van der Waals surface area contributed by atoms with E-state index in [2.05, 4.69) is 13.8 Å². The first-order valence-electron chi connectivity index (χ1n) is 2.80. The molecule has 0 atom stereocenters. The van der Waals surface area contributed by atoms with Crippen LogP contribution < -0.4 is 0 Å². The van der Waals surface area contributed by atoms with Crippen LogP contribution in [0, 0.1) is 11.8 Å². The zero-order valence-corrected chi connectivity index (χ0v) is 5.79. The summed E-state index contributed by atoms with van der Waals surface area (Å²) in [6.45, 7) is 4.61. The van der Waals surface area contributed by atoms with Crippen molar-refractivity contribution in [2.24, 2.45) is 11.8 Å². The van der Waals surface area contributed by atoms with Gasteiger partial charge < -0.3 is 0 Å². The first-order valence-corrected chi connectivity index (χ1v) is 2.80. The number of rotatable bonds is 1. The average Bonchev–Trinajstić information content (AvgIpc) is 2.06. The zero-order chi connectivity index (χ0) is 4.57. The van der Waals surface area contributed by atoms with Crippen molar-refractivity contribution < 1.29 is 0 Å². The summed E-state index contributed by atoms with van der Waals surface area (Å²) in [7, 11) is 0. The van der Waals surface area contributed by atoms with E-state index in [9.17, 15) is 0 Å². The predicted molar refractivity (Wildman–Crippen MR) is 34.8 cm³/mol. The molecule has 0 amide bonds. The molecular formula is C6H13Cl. The van der Waals surface area contributed by atoms with Gasteiger partial charge in [0, 0.05) is 0 Å². The van der Waals surface area contributed by atoms with E-state index in [1.165, 1.54) is 12.8 Å². The standard InChI is InChI=1S/C6H12.ClH/c1-5(2)6-3-4-6;/h5-6H,3-4H2,1-2H3;1H. The molecule has 1 aliphatic rings. The van der Waals surface area contributed by atoms with E-state index >= 15 is 0 Å². The first-order chi connectivity index (χ1) is 2.80. The van der Waals surface area contributed by atoms with Gasteiger partial charge in [-0.25, -0.2) is 0 Å². The maximum Gasteiger partial charge on any atom is -0.0391 e. The molecule has 0 aromatic carbocycles. The normalized spacial score (nSPS) is 19.3. The fourth-order valence-corrected chi connectivity index (χ4v) is 0.763. The molecule has 0 bridgehead atoms. The topological polar surface area (TPSA) is 0 Å². The van der Waals surface area contributed by atoms with Gasteiger partial charge in [0.2, 0.25) is 0 Å². The van der Waals surface area contributed by atoms with Gasteiger partial charge in [0.1, 0.15) is 0 Å². The lowest BCUT2D eigenvalue weighted by Crippen LogP contribution is -1.85. The summed E-state index contributed by atoms with van der Waals surface area (Å²) in [6, 6.07) is 0. The van der Waals surface area contributed by atoms with E-state index < -0.39 is 0 Å². The van der Waals surface area contributed by atoms with Gasteiger partial charge in [0.25, 0.3) is 0 Å². The second-order valence-corrected chi connectivity index (χ2v) is 2.58. The number of halogens is 1. The molecule has 44 valence electrons. The summed E-state index contributed by atoms with van der Waals surface area (Å²) in [4.78, 5) is 0. The maximum absolute atomic E-state index is 2.30. The van der Waals surface area contributed by atoms with E-state index in [4.69, 9.17) is 0 Å². The minimum absolute atomic E-state index is 0. The van der Waals surface area contributed by atoms with Gasteiger partial charge in [0.05, 0.1) is 0 Å². The van der Waals surface area contributed by atoms with Crippen LogP contribution in [0.25, 0.3) is 0 Å². The predicted octanol–water partition coefficient (Wildman–Crippen LogP) is 2.47. The first kappa shape index (κ1) is 7.29. The van der Waals surface area contributed by atoms with Crippen molar-refractivity contribution in [3.8, 4) is 0 Å². The summed E-state index contributed by atoms with van der Waals surface area (Å²) in [5.74, 6) is 2.06. The van der Waals surface area contributed by atoms with Crippen molar-refractivity contribution in [2.45, 2.75) is 26.7 Å². The van der Waals surface area contributed by atoms with Crippen molar-refractivity contribution in [3.63, 3.8) is 0 Å². The van der Waals surface area contributed by atoms with Crippen LogP contribution >= 0.6 is 12.4 Å². The second-order valence-electron chi connectivity index (χ2n) is 2.58. The Morgan fingerprint density at radius 1 is 1.29 bits per heavy atom. The molecule has 0 aliphatic heterocycles. The lowest BCUT2D eigenvalue weighted by Gasteiger charge is -1.94. The third kappa shape index (κ3) is 2.18. The third-order valence-corrected chi connectivity index (χ3v) is 1.56. The van der Waals surface area contributed by atoms with Gasteiger partial charge in [-0.1, -0.05) is 13.8 Å². The molecule has 1 aliphatic carbocycles. The van der Waals surface area contributed by atoms with Crippen LogP contribution in [0.15, 0.2) is 0 Å². The van der Waals surface area contributed by atoms with Crippen LogP contribution in [0.4, 0.5) is 0 Å². The van der Waals surface area contributed by atoms with Crippen molar-refractivity contribution in [1.82, 2.24) is 0 Å². The van der Waals surface area contributed by atoms with E-state index in [1.54, 1.807) is 0 Å². The van der Waals surface area contributed by atoms with Crippen LogP contribution in [-0.2, 0) is 0 Å². The van der Waals surface area contributed by atoms with E-state index in [0.717, 1.165) is 11.8 Å². The van der Waals surface area contributed by atoms with Crippen molar-refractivity contribution in [1.29, 1.82) is 0 Å². The maximum atomic E-state index is 2.30. The molecule has 0 saturated heterocycles. The molecule has 0 nitrogen and oxygen atoms in total. The lowest BCUT2D eigenvalue weighted by atomic mass is 10.1. The Morgan fingerprint density at radius 2 is 1.71 bits per heavy atom. The highest BCUT2D eigenvalue weighted by molar-refractivity contribution is 5.85. The number of hydrogen-bond donors (Lipinski definition) is 0. The van der Waals surface area contributed by atoms with Crippen molar-refractivity contribution >= 4 is 12.4 Å². The Morgan fingerprint density at radius 3 is 1.71 bits per heavy atom.